The Bertz CT molecular complexity index is 510. The summed E-state index contributed by atoms with van der Waals surface area (Å²) in [7, 11) is 0. The van der Waals surface area contributed by atoms with Gasteiger partial charge in [-0.05, 0) is 25.0 Å². The fraction of sp³-hybridized carbons (Fsp3) is 0.294. The van der Waals surface area contributed by atoms with E-state index in [0.29, 0.717) is 0 Å². The van der Waals surface area contributed by atoms with Gasteiger partial charge in [0.25, 0.3) is 0 Å². The van der Waals surface area contributed by atoms with Crippen molar-refractivity contribution in [3.8, 4) is 0 Å². The Morgan fingerprint density at radius 1 is 1.00 bits per heavy atom. The summed E-state index contributed by atoms with van der Waals surface area (Å²) >= 11 is 0. The highest BCUT2D eigenvalue weighted by molar-refractivity contribution is 5.26. The number of rotatable bonds is 5. The molecule has 0 aliphatic heterocycles. The number of aryl methyl sites for hydroxylation is 1. The minimum absolute atomic E-state index is 0.0308. The van der Waals surface area contributed by atoms with Gasteiger partial charge in [-0.2, -0.15) is 0 Å². The monoisotopic (exact) mass is 255 g/mol. The number of hydrogen-bond donors (Lipinski definition) is 2. The molecule has 0 spiro atoms. The van der Waals surface area contributed by atoms with Crippen LogP contribution in [0.15, 0.2) is 54.6 Å². The second kappa shape index (κ2) is 6.50. The summed E-state index contributed by atoms with van der Waals surface area (Å²) < 4.78 is 0. The van der Waals surface area contributed by atoms with Crippen LogP contribution in [0.3, 0.4) is 0 Å². The quantitative estimate of drug-likeness (QED) is 0.858. The molecule has 2 aromatic rings. The van der Waals surface area contributed by atoms with Gasteiger partial charge in [-0.15, -0.1) is 0 Å². The summed E-state index contributed by atoms with van der Waals surface area (Å²) in [5.41, 5.74) is 3.62. The lowest BCUT2D eigenvalue weighted by atomic mass is 10.0. The molecule has 0 aromatic heterocycles. The van der Waals surface area contributed by atoms with Crippen LogP contribution in [0.5, 0.6) is 0 Å². The highest BCUT2D eigenvalue weighted by Gasteiger charge is 2.14. The molecule has 2 nitrogen and oxygen atoms in total. The number of aliphatic hydroxyl groups is 1. The average molecular weight is 255 g/mol. The third kappa shape index (κ3) is 3.66. The normalized spacial score (nSPS) is 14.1. The average Bonchev–Trinajstić information content (AvgIpc) is 2.45. The zero-order chi connectivity index (χ0) is 13.7. The van der Waals surface area contributed by atoms with Crippen molar-refractivity contribution >= 4 is 0 Å². The van der Waals surface area contributed by atoms with Crippen LogP contribution in [0.4, 0.5) is 0 Å². The van der Waals surface area contributed by atoms with E-state index in [-0.39, 0.29) is 18.7 Å². The molecular weight excluding hydrogens is 234 g/mol. The Labute approximate surface area is 115 Å². The number of benzene rings is 2. The molecule has 0 aliphatic carbocycles. The summed E-state index contributed by atoms with van der Waals surface area (Å²) in [6.45, 7) is 4.32. The van der Waals surface area contributed by atoms with Gasteiger partial charge >= 0.3 is 0 Å². The molecule has 19 heavy (non-hydrogen) atoms. The van der Waals surface area contributed by atoms with Crippen LogP contribution >= 0.6 is 0 Å². The predicted molar refractivity (Wildman–Crippen MR) is 79.0 cm³/mol. The van der Waals surface area contributed by atoms with Gasteiger partial charge in [0.1, 0.15) is 0 Å². The van der Waals surface area contributed by atoms with Gasteiger partial charge in [-0.1, -0.05) is 60.2 Å². The molecule has 1 unspecified atom stereocenters. The third-order valence-electron chi connectivity index (χ3n) is 3.38. The van der Waals surface area contributed by atoms with Crippen LogP contribution in [0.25, 0.3) is 0 Å². The van der Waals surface area contributed by atoms with Crippen LogP contribution in [-0.4, -0.2) is 11.7 Å². The molecule has 2 heteroatoms. The van der Waals surface area contributed by atoms with E-state index in [1.54, 1.807) is 0 Å². The minimum atomic E-state index is -0.0308. The summed E-state index contributed by atoms with van der Waals surface area (Å²) in [5.74, 6) is 0. The minimum Gasteiger partial charge on any atom is -0.394 e. The van der Waals surface area contributed by atoms with Crippen LogP contribution < -0.4 is 5.32 Å². The Balaban J connectivity index is 2.10. The van der Waals surface area contributed by atoms with Crippen molar-refractivity contribution in [2.75, 3.05) is 6.61 Å². The maximum absolute atomic E-state index is 9.57. The Morgan fingerprint density at radius 3 is 2.32 bits per heavy atom. The molecule has 0 aliphatic rings. The lowest BCUT2D eigenvalue weighted by molar-refractivity contribution is 0.235. The van der Waals surface area contributed by atoms with Gasteiger partial charge in [0, 0.05) is 6.04 Å². The highest BCUT2D eigenvalue weighted by atomic mass is 16.3. The standard InChI is InChI=1S/C17H21NO/c1-13-7-6-10-16(11-13)14(2)18-17(12-19)15-8-4-3-5-9-15/h3-11,14,17-19H,12H2,1-2H3/t14?,17-/m0/s1. The van der Waals surface area contributed by atoms with E-state index in [1.807, 2.05) is 30.3 Å². The molecule has 0 bridgehead atoms. The number of hydrogen-bond acceptors (Lipinski definition) is 2. The van der Waals surface area contributed by atoms with Gasteiger partial charge < -0.3 is 10.4 Å². The van der Waals surface area contributed by atoms with E-state index in [9.17, 15) is 5.11 Å². The highest BCUT2D eigenvalue weighted by Crippen LogP contribution is 2.20. The van der Waals surface area contributed by atoms with Crippen molar-refractivity contribution in [3.05, 3.63) is 71.3 Å². The first-order chi connectivity index (χ1) is 9.20. The van der Waals surface area contributed by atoms with Crippen molar-refractivity contribution in [3.63, 3.8) is 0 Å². The molecule has 0 saturated carbocycles. The molecule has 0 amide bonds. The molecule has 0 heterocycles. The Morgan fingerprint density at radius 2 is 1.68 bits per heavy atom. The lowest BCUT2D eigenvalue weighted by Gasteiger charge is -2.22. The van der Waals surface area contributed by atoms with Crippen molar-refractivity contribution in [1.29, 1.82) is 0 Å². The lowest BCUT2D eigenvalue weighted by Crippen LogP contribution is -2.27. The largest absolute Gasteiger partial charge is 0.394 e. The van der Waals surface area contributed by atoms with E-state index in [1.165, 1.54) is 11.1 Å². The zero-order valence-electron chi connectivity index (χ0n) is 11.5. The van der Waals surface area contributed by atoms with Gasteiger partial charge in [0.2, 0.25) is 0 Å². The smallest absolute Gasteiger partial charge is 0.0626 e. The van der Waals surface area contributed by atoms with E-state index in [0.717, 1.165) is 5.56 Å². The zero-order valence-corrected chi connectivity index (χ0v) is 11.5. The topological polar surface area (TPSA) is 32.3 Å². The van der Waals surface area contributed by atoms with Gasteiger partial charge in [0.05, 0.1) is 12.6 Å². The van der Waals surface area contributed by atoms with Crippen molar-refractivity contribution < 1.29 is 5.11 Å². The number of nitrogens with one attached hydrogen (secondary N) is 1. The molecule has 0 radical (unpaired) electrons. The van der Waals surface area contributed by atoms with E-state index in [2.05, 4.69) is 43.4 Å². The van der Waals surface area contributed by atoms with Crippen LogP contribution in [-0.2, 0) is 0 Å². The fourth-order valence-corrected chi connectivity index (χ4v) is 2.28. The SMILES string of the molecule is Cc1cccc(C(C)N[C@@H](CO)c2ccccc2)c1. The molecule has 2 atom stereocenters. The van der Waals surface area contributed by atoms with Gasteiger partial charge in [0.15, 0.2) is 0 Å². The van der Waals surface area contributed by atoms with Gasteiger partial charge in [-0.3, -0.25) is 0 Å². The first-order valence-corrected chi connectivity index (χ1v) is 6.69. The summed E-state index contributed by atoms with van der Waals surface area (Å²) in [4.78, 5) is 0. The molecule has 2 aromatic carbocycles. The first-order valence-electron chi connectivity index (χ1n) is 6.69. The Hall–Kier alpha value is -1.64. The molecule has 0 fully saturated rings. The second-order valence-electron chi connectivity index (χ2n) is 4.95. The summed E-state index contributed by atoms with van der Waals surface area (Å²) in [5, 5.41) is 13.0. The summed E-state index contributed by atoms with van der Waals surface area (Å²) in [6.07, 6.45) is 0. The van der Waals surface area contributed by atoms with E-state index in [4.69, 9.17) is 0 Å². The van der Waals surface area contributed by atoms with Crippen molar-refractivity contribution in [2.24, 2.45) is 0 Å². The molecule has 100 valence electrons. The fourth-order valence-electron chi connectivity index (χ4n) is 2.28. The van der Waals surface area contributed by atoms with E-state index < -0.39 is 0 Å². The van der Waals surface area contributed by atoms with Crippen molar-refractivity contribution in [2.45, 2.75) is 25.9 Å². The predicted octanol–water partition coefficient (Wildman–Crippen LogP) is 3.38. The van der Waals surface area contributed by atoms with Gasteiger partial charge in [-0.25, -0.2) is 0 Å². The summed E-state index contributed by atoms with van der Waals surface area (Å²) in [6, 6.07) is 18.7. The van der Waals surface area contributed by atoms with Crippen molar-refractivity contribution in [1.82, 2.24) is 5.32 Å². The maximum atomic E-state index is 9.57. The first kappa shape index (κ1) is 13.8. The van der Waals surface area contributed by atoms with Crippen LogP contribution in [0, 0.1) is 6.92 Å². The molecule has 0 saturated heterocycles. The van der Waals surface area contributed by atoms with E-state index >= 15 is 0 Å². The Kier molecular flexibility index (Phi) is 4.72. The van der Waals surface area contributed by atoms with Crippen LogP contribution in [0.2, 0.25) is 0 Å². The molecular formula is C17H21NO. The number of aliphatic hydroxyl groups excluding tert-OH is 1. The molecule has 2 N–H and O–H groups in total. The molecule has 2 rings (SSSR count). The third-order valence-corrected chi connectivity index (χ3v) is 3.38. The maximum Gasteiger partial charge on any atom is 0.0626 e. The van der Waals surface area contributed by atoms with Crippen LogP contribution in [0.1, 0.15) is 35.7 Å². The second-order valence-corrected chi connectivity index (χ2v) is 4.95.